The van der Waals surface area contributed by atoms with Crippen molar-refractivity contribution in [3.05, 3.63) is 35.6 Å². The maximum Gasteiger partial charge on any atom is 0.235 e. The average molecular weight is 294 g/mol. The van der Waals surface area contributed by atoms with Crippen molar-refractivity contribution in [3.63, 3.8) is 0 Å². The van der Waals surface area contributed by atoms with Crippen molar-refractivity contribution in [2.45, 2.75) is 33.6 Å². The van der Waals surface area contributed by atoms with Gasteiger partial charge in [0, 0.05) is 13.1 Å². The van der Waals surface area contributed by atoms with Crippen molar-refractivity contribution < 1.29 is 14.0 Å². The second kappa shape index (κ2) is 7.76. The van der Waals surface area contributed by atoms with Crippen LogP contribution in [0.1, 0.15) is 32.8 Å². The van der Waals surface area contributed by atoms with Gasteiger partial charge in [0.05, 0.1) is 0 Å². The molecule has 0 heterocycles. The predicted molar refractivity (Wildman–Crippen MR) is 80.2 cm³/mol. The van der Waals surface area contributed by atoms with E-state index in [0.29, 0.717) is 25.1 Å². The molecular weight excluding hydrogens is 271 g/mol. The summed E-state index contributed by atoms with van der Waals surface area (Å²) in [4.78, 5) is 24.0. The molecule has 0 aliphatic carbocycles. The number of carbonyl (C=O) groups excluding carboxylic acids is 2. The zero-order chi connectivity index (χ0) is 15.9. The summed E-state index contributed by atoms with van der Waals surface area (Å²) < 4.78 is 13.4. The predicted octanol–water partition coefficient (Wildman–Crippen LogP) is 2.04. The summed E-state index contributed by atoms with van der Waals surface area (Å²) in [6.45, 7) is 5.95. The summed E-state index contributed by atoms with van der Waals surface area (Å²) >= 11 is 0. The van der Waals surface area contributed by atoms with Gasteiger partial charge in [0.1, 0.15) is 11.2 Å². The van der Waals surface area contributed by atoms with Crippen LogP contribution in [0.25, 0.3) is 0 Å². The first-order valence-electron chi connectivity index (χ1n) is 7.19. The summed E-state index contributed by atoms with van der Waals surface area (Å²) in [5.74, 6) is -0.938. The lowest BCUT2D eigenvalue weighted by Crippen LogP contribution is -2.48. The van der Waals surface area contributed by atoms with Gasteiger partial charge in [-0.25, -0.2) is 4.39 Å². The second-order valence-electron chi connectivity index (χ2n) is 5.48. The van der Waals surface area contributed by atoms with Gasteiger partial charge in [-0.2, -0.15) is 0 Å². The first-order valence-corrected chi connectivity index (χ1v) is 7.19. The van der Waals surface area contributed by atoms with Crippen LogP contribution in [0, 0.1) is 11.2 Å². The highest BCUT2D eigenvalue weighted by molar-refractivity contribution is 6.04. The van der Waals surface area contributed by atoms with E-state index in [1.165, 1.54) is 6.07 Å². The fraction of sp³-hybridized carbons (Fsp3) is 0.500. The Morgan fingerprint density at radius 3 is 2.24 bits per heavy atom. The van der Waals surface area contributed by atoms with Gasteiger partial charge in [-0.1, -0.05) is 25.1 Å². The molecule has 116 valence electrons. The number of rotatable bonds is 7. The van der Waals surface area contributed by atoms with E-state index in [0.717, 1.165) is 6.42 Å². The fourth-order valence-corrected chi connectivity index (χ4v) is 1.80. The van der Waals surface area contributed by atoms with Gasteiger partial charge in [-0.3, -0.25) is 9.59 Å². The van der Waals surface area contributed by atoms with E-state index < -0.39 is 5.41 Å². The van der Waals surface area contributed by atoms with Crippen molar-refractivity contribution in [1.82, 2.24) is 10.6 Å². The number of nitrogens with one attached hydrogen (secondary N) is 2. The molecule has 0 bridgehead atoms. The lowest BCUT2D eigenvalue weighted by molar-refractivity contribution is -0.141. The zero-order valence-corrected chi connectivity index (χ0v) is 12.8. The van der Waals surface area contributed by atoms with Crippen molar-refractivity contribution in [2.24, 2.45) is 5.41 Å². The third-order valence-electron chi connectivity index (χ3n) is 3.31. The Morgan fingerprint density at radius 2 is 1.67 bits per heavy atom. The fourth-order valence-electron chi connectivity index (χ4n) is 1.80. The molecule has 4 nitrogen and oxygen atoms in total. The molecule has 2 N–H and O–H groups in total. The van der Waals surface area contributed by atoms with E-state index in [-0.39, 0.29) is 17.6 Å². The Kier molecular flexibility index (Phi) is 6.34. The summed E-state index contributed by atoms with van der Waals surface area (Å²) in [6, 6.07) is 6.45. The normalized spacial score (nSPS) is 11.0. The molecule has 0 fully saturated rings. The molecule has 0 aliphatic rings. The van der Waals surface area contributed by atoms with Crippen LogP contribution in [-0.4, -0.2) is 24.9 Å². The Hall–Kier alpha value is -1.91. The van der Waals surface area contributed by atoms with Crippen molar-refractivity contribution >= 4 is 11.8 Å². The van der Waals surface area contributed by atoms with Gasteiger partial charge >= 0.3 is 0 Å². The minimum Gasteiger partial charge on any atom is -0.355 e. The largest absolute Gasteiger partial charge is 0.355 e. The molecule has 1 rings (SSSR count). The highest BCUT2D eigenvalue weighted by atomic mass is 19.1. The molecule has 0 saturated heterocycles. The minimum absolute atomic E-state index is 0.285. The van der Waals surface area contributed by atoms with Gasteiger partial charge in [-0.15, -0.1) is 0 Å². The molecule has 0 spiro atoms. The molecule has 21 heavy (non-hydrogen) atoms. The molecule has 0 aromatic heterocycles. The molecule has 0 unspecified atom stereocenters. The van der Waals surface area contributed by atoms with Crippen LogP contribution in [-0.2, 0) is 16.0 Å². The van der Waals surface area contributed by atoms with Crippen LogP contribution < -0.4 is 10.6 Å². The second-order valence-corrected chi connectivity index (χ2v) is 5.48. The topological polar surface area (TPSA) is 58.2 Å². The Balaban J connectivity index is 2.49. The van der Waals surface area contributed by atoms with E-state index in [1.807, 2.05) is 6.92 Å². The maximum absolute atomic E-state index is 13.4. The number of hydrogen-bond acceptors (Lipinski definition) is 2. The lowest BCUT2D eigenvalue weighted by Gasteiger charge is -2.22. The van der Waals surface area contributed by atoms with Crippen molar-refractivity contribution in [2.75, 3.05) is 13.1 Å². The van der Waals surface area contributed by atoms with Crippen molar-refractivity contribution in [1.29, 1.82) is 0 Å². The third kappa shape index (κ3) is 4.85. The molecule has 2 amide bonds. The third-order valence-corrected chi connectivity index (χ3v) is 3.31. The number of amides is 2. The Labute approximate surface area is 125 Å². The maximum atomic E-state index is 13.4. The van der Waals surface area contributed by atoms with E-state index in [2.05, 4.69) is 10.6 Å². The summed E-state index contributed by atoms with van der Waals surface area (Å²) in [6.07, 6.45) is 1.21. The minimum atomic E-state index is -1.13. The molecular formula is C16H23FN2O2. The number of hydrogen-bond donors (Lipinski definition) is 2. The Morgan fingerprint density at radius 1 is 1.10 bits per heavy atom. The summed E-state index contributed by atoms with van der Waals surface area (Å²) in [5, 5.41) is 5.40. The molecule has 1 aromatic carbocycles. The van der Waals surface area contributed by atoms with Gasteiger partial charge in [0.2, 0.25) is 11.8 Å². The quantitative estimate of drug-likeness (QED) is 0.756. The number of halogens is 1. The van der Waals surface area contributed by atoms with Gasteiger partial charge < -0.3 is 10.6 Å². The van der Waals surface area contributed by atoms with Crippen LogP contribution in [0.15, 0.2) is 24.3 Å². The first-order chi connectivity index (χ1) is 9.89. The average Bonchev–Trinajstić information content (AvgIpc) is 2.46. The van der Waals surface area contributed by atoms with Crippen molar-refractivity contribution in [3.8, 4) is 0 Å². The highest BCUT2D eigenvalue weighted by Crippen LogP contribution is 2.15. The zero-order valence-electron chi connectivity index (χ0n) is 12.8. The molecule has 0 radical (unpaired) electrons. The monoisotopic (exact) mass is 294 g/mol. The molecule has 1 aromatic rings. The standard InChI is InChI=1S/C16H23FN2O2/c1-4-10-18-14(20)16(2,3)15(21)19-11-9-12-7-5-6-8-13(12)17/h5-8H,4,9-11H2,1-3H3,(H,18,20)(H,19,21). The van der Waals surface area contributed by atoms with E-state index in [4.69, 9.17) is 0 Å². The highest BCUT2D eigenvalue weighted by Gasteiger charge is 2.35. The van der Waals surface area contributed by atoms with E-state index in [9.17, 15) is 14.0 Å². The van der Waals surface area contributed by atoms with Gasteiger partial charge in [0.25, 0.3) is 0 Å². The molecule has 0 atom stereocenters. The van der Waals surface area contributed by atoms with Crippen LogP contribution in [0.3, 0.4) is 0 Å². The molecule has 0 aliphatic heterocycles. The van der Waals surface area contributed by atoms with Gasteiger partial charge in [0.15, 0.2) is 0 Å². The van der Waals surface area contributed by atoms with Crippen LogP contribution in [0.5, 0.6) is 0 Å². The molecule has 5 heteroatoms. The SMILES string of the molecule is CCCNC(=O)C(C)(C)C(=O)NCCc1ccccc1F. The Bertz CT molecular complexity index is 501. The molecule has 0 saturated carbocycles. The van der Waals surface area contributed by atoms with Crippen LogP contribution in [0.4, 0.5) is 4.39 Å². The van der Waals surface area contributed by atoms with Crippen LogP contribution >= 0.6 is 0 Å². The smallest absolute Gasteiger partial charge is 0.235 e. The van der Waals surface area contributed by atoms with E-state index >= 15 is 0 Å². The van der Waals surface area contributed by atoms with E-state index in [1.54, 1.807) is 32.0 Å². The summed E-state index contributed by atoms with van der Waals surface area (Å²) in [5.41, 5.74) is -0.587. The van der Waals surface area contributed by atoms with Gasteiger partial charge in [-0.05, 0) is 38.3 Å². The first kappa shape index (κ1) is 17.1. The number of carbonyl (C=O) groups is 2. The summed E-state index contributed by atoms with van der Waals surface area (Å²) in [7, 11) is 0. The number of benzene rings is 1. The van der Waals surface area contributed by atoms with Crippen LogP contribution in [0.2, 0.25) is 0 Å². The lowest BCUT2D eigenvalue weighted by atomic mass is 9.91.